The van der Waals surface area contributed by atoms with E-state index in [1.165, 1.54) is 0 Å². The molecule has 0 saturated carbocycles. The number of ketones is 2. The average Bonchev–Trinajstić information content (AvgIpc) is 2.71. The van der Waals surface area contributed by atoms with E-state index in [4.69, 9.17) is 0 Å². The number of hydrogen-bond donors (Lipinski definition) is 0. The summed E-state index contributed by atoms with van der Waals surface area (Å²) in [7, 11) is 0. The Labute approximate surface area is 150 Å². The monoisotopic (exact) mass is 334 g/mol. The van der Waals surface area contributed by atoms with Crippen molar-refractivity contribution < 1.29 is 9.59 Å². The first-order valence-corrected chi connectivity index (χ1v) is 8.87. The summed E-state index contributed by atoms with van der Waals surface area (Å²) in [4.78, 5) is 26.8. The van der Waals surface area contributed by atoms with Crippen LogP contribution in [0.4, 0.5) is 0 Å². The molecular formula is C24H14O2. The SMILES string of the molecule is O=C1C2=C(C(=O)c3ccccc31)C1c3ccccc3C2c2ccccc21. The maximum absolute atomic E-state index is 13.4. The van der Waals surface area contributed by atoms with Gasteiger partial charge >= 0.3 is 0 Å². The van der Waals surface area contributed by atoms with Gasteiger partial charge in [0.25, 0.3) is 0 Å². The zero-order chi connectivity index (χ0) is 17.4. The van der Waals surface area contributed by atoms with E-state index in [2.05, 4.69) is 24.3 Å². The van der Waals surface area contributed by atoms with Gasteiger partial charge in [0.2, 0.25) is 0 Å². The Morgan fingerprint density at radius 2 is 0.769 bits per heavy atom. The van der Waals surface area contributed by atoms with E-state index in [1.807, 2.05) is 36.4 Å². The summed E-state index contributed by atoms with van der Waals surface area (Å²) >= 11 is 0. The van der Waals surface area contributed by atoms with E-state index < -0.39 is 0 Å². The predicted octanol–water partition coefficient (Wildman–Crippen LogP) is 4.65. The van der Waals surface area contributed by atoms with E-state index in [9.17, 15) is 9.59 Å². The van der Waals surface area contributed by atoms with Crippen molar-refractivity contribution in [2.45, 2.75) is 11.8 Å². The van der Waals surface area contributed by atoms with Crippen LogP contribution in [0.2, 0.25) is 0 Å². The number of rotatable bonds is 0. The molecule has 0 saturated heterocycles. The first kappa shape index (κ1) is 14.0. The summed E-state index contributed by atoms with van der Waals surface area (Å²) in [5.74, 6) is -0.275. The van der Waals surface area contributed by atoms with Crippen molar-refractivity contribution >= 4 is 11.6 Å². The Morgan fingerprint density at radius 1 is 0.462 bits per heavy atom. The van der Waals surface area contributed by atoms with Crippen LogP contribution < -0.4 is 0 Å². The minimum absolute atomic E-state index is 0.00852. The Hall–Kier alpha value is -3.26. The number of hydrogen-bond acceptors (Lipinski definition) is 2. The van der Waals surface area contributed by atoms with Crippen molar-refractivity contribution in [1.82, 2.24) is 0 Å². The molecule has 0 unspecified atom stereocenters. The Bertz CT molecular complexity index is 1040. The van der Waals surface area contributed by atoms with Gasteiger partial charge in [-0.25, -0.2) is 0 Å². The zero-order valence-electron chi connectivity index (χ0n) is 13.9. The van der Waals surface area contributed by atoms with E-state index >= 15 is 0 Å². The van der Waals surface area contributed by atoms with Crippen LogP contribution >= 0.6 is 0 Å². The van der Waals surface area contributed by atoms with Gasteiger partial charge in [-0.3, -0.25) is 9.59 Å². The van der Waals surface area contributed by atoms with Gasteiger partial charge in [0, 0.05) is 34.1 Å². The molecule has 2 bridgehead atoms. The molecule has 7 rings (SSSR count). The lowest BCUT2D eigenvalue weighted by Crippen LogP contribution is -2.37. The minimum atomic E-state index is -0.146. The van der Waals surface area contributed by atoms with Crippen LogP contribution in [0, 0.1) is 0 Å². The molecule has 0 radical (unpaired) electrons. The van der Waals surface area contributed by atoms with E-state index in [0.29, 0.717) is 22.3 Å². The summed E-state index contributed by atoms with van der Waals surface area (Å²) in [6, 6.07) is 23.7. The van der Waals surface area contributed by atoms with Gasteiger partial charge in [-0.1, -0.05) is 72.8 Å². The third kappa shape index (κ3) is 1.49. The van der Waals surface area contributed by atoms with Crippen LogP contribution in [0.15, 0.2) is 83.9 Å². The van der Waals surface area contributed by atoms with Crippen LogP contribution in [-0.2, 0) is 0 Å². The normalized spacial score (nSPS) is 21.8. The standard InChI is InChI=1S/C24H14O2/c25-23-17-11-5-6-12-18(17)24(26)22-20-14-8-2-1-7-13(14)19(21(22)23)15-9-3-4-10-16(15)20/h1-12,19-20H. The van der Waals surface area contributed by atoms with Gasteiger partial charge in [0.1, 0.15) is 0 Å². The molecular weight excluding hydrogens is 320 g/mol. The van der Waals surface area contributed by atoms with Crippen molar-refractivity contribution in [1.29, 1.82) is 0 Å². The Balaban J connectivity index is 1.73. The van der Waals surface area contributed by atoms with Gasteiger partial charge in [0.05, 0.1) is 0 Å². The highest BCUT2D eigenvalue weighted by molar-refractivity contribution is 6.29. The number of benzene rings is 3. The molecule has 0 amide bonds. The molecule has 122 valence electrons. The smallest absolute Gasteiger partial charge is 0.191 e. The zero-order valence-corrected chi connectivity index (χ0v) is 13.9. The molecule has 0 spiro atoms. The van der Waals surface area contributed by atoms with Crippen LogP contribution in [-0.4, -0.2) is 11.6 Å². The molecule has 0 heterocycles. The lowest BCUT2D eigenvalue weighted by atomic mass is 9.57. The highest BCUT2D eigenvalue weighted by Crippen LogP contribution is 2.57. The molecule has 0 aromatic heterocycles. The molecule has 3 aromatic rings. The Kier molecular flexibility index (Phi) is 2.51. The minimum Gasteiger partial charge on any atom is -0.289 e. The number of carbonyl (C=O) groups excluding carboxylic acids is 2. The topological polar surface area (TPSA) is 34.1 Å². The second-order valence-corrected chi connectivity index (χ2v) is 7.16. The largest absolute Gasteiger partial charge is 0.289 e. The van der Waals surface area contributed by atoms with Gasteiger partial charge in [-0.15, -0.1) is 0 Å². The fourth-order valence-electron chi connectivity index (χ4n) is 5.02. The Morgan fingerprint density at radius 3 is 1.12 bits per heavy atom. The second kappa shape index (κ2) is 4.67. The van der Waals surface area contributed by atoms with Crippen molar-refractivity contribution in [2.24, 2.45) is 0 Å². The first-order valence-electron chi connectivity index (χ1n) is 8.87. The van der Waals surface area contributed by atoms with E-state index in [0.717, 1.165) is 22.3 Å². The lowest BCUT2D eigenvalue weighted by molar-refractivity contribution is 0.0963. The molecule has 2 nitrogen and oxygen atoms in total. The molecule has 0 atom stereocenters. The summed E-state index contributed by atoms with van der Waals surface area (Å²) in [5.41, 5.74) is 7.11. The summed E-state index contributed by atoms with van der Waals surface area (Å²) in [6.07, 6.45) is 0. The van der Waals surface area contributed by atoms with Crippen molar-refractivity contribution in [3.8, 4) is 0 Å². The van der Waals surface area contributed by atoms with Gasteiger partial charge in [-0.05, 0) is 22.3 Å². The van der Waals surface area contributed by atoms with Crippen LogP contribution in [0.1, 0.15) is 54.8 Å². The number of carbonyl (C=O) groups is 2. The number of Topliss-reactive ketones (excluding diaryl/α,β-unsaturated/α-hetero) is 2. The lowest BCUT2D eigenvalue weighted by Gasteiger charge is -2.44. The molecule has 26 heavy (non-hydrogen) atoms. The van der Waals surface area contributed by atoms with Gasteiger partial charge in [0.15, 0.2) is 11.6 Å². The quantitative estimate of drug-likeness (QED) is 0.599. The highest BCUT2D eigenvalue weighted by Gasteiger charge is 2.49. The van der Waals surface area contributed by atoms with Crippen molar-refractivity contribution in [2.75, 3.05) is 0 Å². The second-order valence-electron chi connectivity index (χ2n) is 7.16. The fraction of sp³-hybridized carbons (Fsp3) is 0.0833. The number of allylic oxidation sites excluding steroid dienone is 2. The molecule has 4 aliphatic carbocycles. The van der Waals surface area contributed by atoms with Gasteiger partial charge in [-0.2, -0.15) is 0 Å². The summed E-state index contributed by atoms with van der Waals surface area (Å²) in [6.45, 7) is 0. The summed E-state index contributed by atoms with van der Waals surface area (Å²) < 4.78 is 0. The molecule has 0 N–H and O–H groups in total. The molecule has 3 aromatic carbocycles. The predicted molar refractivity (Wildman–Crippen MR) is 98.7 cm³/mol. The van der Waals surface area contributed by atoms with Crippen LogP contribution in [0.3, 0.4) is 0 Å². The van der Waals surface area contributed by atoms with Crippen LogP contribution in [0.5, 0.6) is 0 Å². The summed E-state index contributed by atoms with van der Waals surface area (Å²) in [5, 5.41) is 0. The third-order valence-corrected chi connectivity index (χ3v) is 6.01. The van der Waals surface area contributed by atoms with Gasteiger partial charge < -0.3 is 0 Å². The van der Waals surface area contributed by atoms with Crippen molar-refractivity contribution in [3.05, 3.63) is 117 Å². The maximum Gasteiger partial charge on any atom is 0.191 e. The molecule has 0 aliphatic heterocycles. The first-order chi connectivity index (χ1) is 12.8. The molecule has 4 aliphatic rings. The molecule has 0 fully saturated rings. The van der Waals surface area contributed by atoms with Crippen LogP contribution in [0.25, 0.3) is 0 Å². The molecule has 2 heteroatoms. The number of fused-ring (bicyclic) bond motifs is 1. The highest BCUT2D eigenvalue weighted by atomic mass is 16.1. The van der Waals surface area contributed by atoms with Crippen molar-refractivity contribution in [3.63, 3.8) is 0 Å². The van der Waals surface area contributed by atoms with E-state index in [-0.39, 0.29) is 23.4 Å². The average molecular weight is 334 g/mol. The third-order valence-electron chi connectivity index (χ3n) is 6.01. The maximum atomic E-state index is 13.4. The van der Waals surface area contributed by atoms with E-state index in [1.54, 1.807) is 12.1 Å². The fourth-order valence-corrected chi connectivity index (χ4v) is 5.02.